The normalized spacial score (nSPS) is 10.3. The first-order chi connectivity index (χ1) is 9.38. The van der Waals surface area contributed by atoms with Crippen LogP contribution < -0.4 is 11.1 Å². The number of nitrogens with two attached hydrogens (primary N) is 1. The fourth-order valence-corrected chi connectivity index (χ4v) is 2.89. The number of phenolic OH excluding ortho intramolecular Hbond substituents is 1. The van der Waals surface area contributed by atoms with Crippen molar-refractivity contribution in [3.8, 4) is 5.75 Å². The number of phenols is 1. The number of hydrogen-bond acceptors (Lipinski definition) is 3. The highest BCUT2D eigenvalue weighted by molar-refractivity contribution is 9.10. The molecular weight excluding hydrogens is 367 g/mol. The van der Waals surface area contributed by atoms with Gasteiger partial charge >= 0.3 is 0 Å². The van der Waals surface area contributed by atoms with Crippen LogP contribution in [0, 0.1) is 0 Å². The van der Waals surface area contributed by atoms with Crippen LogP contribution in [0.2, 0.25) is 10.0 Å². The van der Waals surface area contributed by atoms with Gasteiger partial charge in [-0.05, 0) is 30.3 Å². The number of nitrogen functional groups attached to an aromatic ring is 1. The molecule has 0 spiro atoms. The molecule has 4 N–H and O–H groups in total. The lowest BCUT2D eigenvalue weighted by atomic mass is 10.1. The molecule has 0 aliphatic heterocycles. The van der Waals surface area contributed by atoms with Crippen molar-refractivity contribution in [3.63, 3.8) is 0 Å². The van der Waals surface area contributed by atoms with Crippen molar-refractivity contribution in [2.24, 2.45) is 0 Å². The fraction of sp³-hybridized carbons (Fsp3) is 0. The van der Waals surface area contributed by atoms with Gasteiger partial charge in [0.1, 0.15) is 5.75 Å². The summed E-state index contributed by atoms with van der Waals surface area (Å²) in [5.74, 6) is -0.568. The Morgan fingerprint density at radius 2 is 1.80 bits per heavy atom. The van der Waals surface area contributed by atoms with E-state index in [9.17, 15) is 9.90 Å². The Balaban J connectivity index is 2.35. The van der Waals surface area contributed by atoms with E-state index in [2.05, 4.69) is 21.2 Å². The summed E-state index contributed by atoms with van der Waals surface area (Å²) in [5, 5.41) is 12.6. The van der Waals surface area contributed by atoms with Crippen LogP contribution >= 0.6 is 39.1 Å². The van der Waals surface area contributed by atoms with Crippen molar-refractivity contribution in [1.29, 1.82) is 0 Å². The van der Waals surface area contributed by atoms with Crippen LogP contribution in [0.3, 0.4) is 0 Å². The van der Waals surface area contributed by atoms with Crippen LogP contribution in [0.4, 0.5) is 11.4 Å². The first-order valence-corrected chi connectivity index (χ1v) is 6.98. The maximum Gasteiger partial charge on any atom is 0.257 e. The summed E-state index contributed by atoms with van der Waals surface area (Å²) in [6.45, 7) is 0. The number of halogens is 3. The molecule has 2 aromatic rings. The Morgan fingerprint density at radius 3 is 2.40 bits per heavy atom. The van der Waals surface area contributed by atoms with Gasteiger partial charge in [0, 0.05) is 10.2 Å². The van der Waals surface area contributed by atoms with E-state index >= 15 is 0 Å². The Morgan fingerprint density at radius 1 is 1.20 bits per heavy atom. The monoisotopic (exact) mass is 374 g/mol. The smallest absolute Gasteiger partial charge is 0.257 e. The van der Waals surface area contributed by atoms with Crippen molar-refractivity contribution in [1.82, 2.24) is 0 Å². The maximum absolute atomic E-state index is 12.1. The molecule has 0 aliphatic carbocycles. The minimum atomic E-state index is -0.510. The molecule has 0 bridgehead atoms. The van der Waals surface area contributed by atoms with Gasteiger partial charge in [0.05, 0.1) is 21.3 Å². The molecule has 2 rings (SSSR count). The van der Waals surface area contributed by atoms with Crippen molar-refractivity contribution in [3.05, 3.63) is 50.4 Å². The molecule has 20 heavy (non-hydrogen) atoms. The van der Waals surface area contributed by atoms with E-state index in [0.29, 0.717) is 4.47 Å². The second-order valence-electron chi connectivity index (χ2n) is 3.97. The lowest BCUT2D eigenvalue weighted by Crippen LogP contribution is -2.14. The predicted molar refractivity (Wildman–Crippen MR) is 84.6 cm³/mol. The highest BCUT2D eigenvalue weighted by Crippen LogP contribution is 2.34. The van der Waals surface area contributed by atoms with Crippen LogP contribution in [-0.2, 0) is 0 Å². The van der Waals surface area contributed by atoms with Crippen LogP contribution in [0.1, 0.15) is 10.4 Å². The van der Waals surface area contributed by atoms with Crippen LogP contribution in [-0.4, -0.2) is 11.0 Å². The maximum atomic E-state index is 12.1. The van der Waals surface area contributed by atoms with Gasteiger partial charge in [-0.15, -0.1) is 0 Å². The first-order valence-electron chi connectivity index (χ1n) is 5.43. The van der Waals surface area contributed by atoms with E-state index in [-0.39, 0.29) is 32.7 Å². The van der Waals surface area contributed by atoms with Gasteiger partial charge in [-0.3, -0.25) is 4.79 Å². The highest BCUT2D eigenvalue weighted by Gasteiger charge is 2.15. The molecule has 0 fully saturated rings. The molecule has 104 valence electrons. The van der Waals surface area contributed by atoms with Gasteiger partial charge in [-0.25, -0.2) is 0 Å². The van der Waals surface area contributed by atoms with Gasteiger partial charge < -0.3 is 16.2 Å². The Hall–Kier alpha value is -1.43. The highest BCUT2D eigenvalue weighted by atomic mass is 79.9. The standard InChI is InChI=1S/C13H9BrCl2N2O2/c14-6-3-9(15)12(10(16)4-6)18-13(20)8-5-7(19)1-2-11(8)17/h1-5,19H,17H2,(H,18,20). The van der Waals surface area contributed by atoms with Gasteiger partial charge in [0.2, 0.25) is 0 Å². The van der Waals surface area contributed by atoms with Crippen molar-refractivity contribution in [2.45, 2.75) is 0 Å². The molecule has 4 nitrogen and oxygen atoms in total. The molecule has 0 aliphatic rings. The molecule has 0 aromatic heterocycles. The minimum absolute atomic E-state index is 0.0580. The summed E-state index contributed by atoms with van der Waals surface area (Å²) in [6.07, 6.45) is 0. The van der Waals surface area contributed by atoms with Crippen LogP contribution in [0.15, 0.2) is 34.8 Å². The zero-order valence-corrected chi connectivity index (χ0v) is 13.1. The average molecular weight is 376 g/mol. The number of hydrogen-bond donors (Lipinski definition) is 3. The second kappa shape index (κ2) is 5.91. The van der Waals surface area contributed by atoms with E-state index in [1.54, 1.807) is 12.1 Å². The summed E-state index contributed by atoms with van der Waals surface area (Å²) < 4.78 is 0.697. The fourth-order valence-electron chi connectivity index (χ4n) is 1.58. The SMILES string of the molecule is Nc1ccc(O)cc1C(=O)Nc1c(Cl)cc(Br)cc1Cl. The molecule has 0 unspecified atom stereocenters. The van der Waals surface area contributed by atoms with E-state index in [1.807, 2.05) is 0 Å². The number of carbonyl (C=O) groups is 1. The summed E-state index contributed by atoms with van der Waals surface area (Å²) >= 11 is 15.3. The third-order valence-corrected chi connectivity index (χ3v) is 3.58. The molecule has 0 heterocycles. The van der Waals surface area contributed by atoms with Gasteiger partial charge in [0.25, 0.3) is 5.91 Å². The zero-order valence-electron chi connectivity index (χ0n) is 9.95. The van der Waals surface area contributed by atoms with Gasteiger partial charge in [-0.2, -0.15) is 0 Å². The molecule has 7 heteroatoms. The predicted octanol–water partition coefficient (Wildman–Crippen LogP) is 4.30. The molecule has 2 aromatic carbocycles. The van der Waals surface area contributed by atoms with E-state index < -0.39 is 5.91 Å². The molecule has 0 atom stereocenters. The zero-order chi connectivity index (χ0) is 14.9. The van der Waals surface area contributed by atoms with E-state index in [1.165, 1.54) is 18.2 Å². The molecule has 1 amide bonds. The third kappa shape index (κ3) is 3.17. The number of rotatable bonds is 2. The summed E-state index contributed by atoms with van der Waals surface area (Å²) in [4.78, 5) is 12.1. The molecule has 0 radical (unpaired) electrons. The quantitative estimate of drug-likeness (QED) is 0.541. The summed E-state index contributed by atoms with van der Waals surface area (Å²) in [7, 11) is 0. The summed E-state index contributed by atoms with van der Waals surface area (Å²) in [5.41, 5.74) is 6.36. The van der Waals surface area contributed by atoms with E-state index in [4.69, 9.17) is 28.9 Å². The van der Waals surface area contributed by atoms with Crippen molar-refractivity contribution < 1.29 is 9.90 Å². The third-order valence-electron chi connectivity index (χ3n) is 2.53. The Kier molecular flexibility index (Phi) is 4.42. The number of amides is 1. The lowest BCUT2D eigenvalue weighted by molar-refractivity contribution is 0.102. The van der Waals surface area contributed by atoms with Crippen LogP contribution in [0.5, 0.6) is 5.75 Å². The molecular formula is C13H9BrCl2N2O2. The lowest BCUT2D eigenvalue weighted by Gasteiger charge is -2.11. The Labute approximate surface area is 133 Å². The topological polar surface area (TPSA) is 75.3 Å². The van der Waals surface area contributed by atoms with Crippen molar-refractivity contribution >= 4 is 56.4 Å². The van der Waals surface area contributed by atoms with Gasteiger partial charge in [-0.1, -0.05) is 39.1 Å². The van der Waals surface area contributed by atoms with Crippen molar-refractivity contribution in [2.75, 3.05) is 11.1 Å². The first kappa shape index (κ1) is 15.0. The van der Waals surface area contributed by atoms with E-state index in [0.717, 1.165) is 0 Å². The molecule has 0 saturated heterocycles. The number of benzene rings is 2. The second-order valence-corrected chi connectivity index (χ2v) is 5.70. The number of aromatic hydroxyl groups is 1. The number of carbonyl (C=O) groups excluding carboxylic acids is 1. The number of nitrogens with one attached hydrogen (secondary N) is 1. The average Bonchev–Trinajstić information content (AvgIpc) is 2.36. The Bertz CT molecular complexity index is 669. The number of anilines is 2. The minimum Gasteiger partial charge on any atom is -0.508 e. The van der Waals surface area contributed by atoms with Crippen LogP contribution in [0.25, 0.3) is 0 Å². The summed E-state index contributed by atoms with van der Waals surface area (Å²) in [6, 6.07) is 7.32. The van der Waals surface area contributed by atoms with Gasteiger partial charge in [0.15, 0.2) is 0 Å². The molecule has 0 saturated carbocycles. The largest absolute Gasteiger partial charge is 0.508 e.